The van der Waals surface area contributed by atoms with Gasteiger partial charge in [-0.1, -0.05) is 322 Å². The SMILES string of the molecule is c1ccc(-c2ccc3c(c2)c2ccccc2c2c4ccc(-c5cccc6c(-n7c8ccccc8c8ccccc87)cccc56)cc4c4ccccc4c32)cc1.c1ccc2c(-n3c4ccccc4c4ccccc43)ccc(-c3ccc4c(c3)c3ccccc3c3c5ccccc5c5ccccc5c43)c2c1. The molecule has 0 radical (unpaired) electrons. The van der Waals surface area contributed by atoms with Gasteiger partial charge in [0.1, 0.15) is 0 Å². The molecule has 0 saturated heterocycles. The van der Waals surface area contributed by atoms with Crippen molar-refractivity contribution in [2.45, 2.75) is 0 Å². The third-order valence-electron chi connectivity index (χ3n) is 22.7. The maximum absolute atomic E-state index is 2.44. The molecule has 23 rings (SSSR count). The minimum atomic E-state index is 1.20. The standard InChI is InChI=1S/C54H33N.C48H29N/c1-2-14-34(15-3-1)35-28-30-46-48(32-35)39-16-4-6-20-44(39)54-47-31-29-36(33-49(47)40-17-5-7-21-45(40)53(46)54)37-22-12-24-41-38(37)23-13-27-52(41)55-50-25-10-8-18-42(50)43-19-9-11-26-51(43)55;1-5-17-36-32(13-1)31(27-28-46(36)49-44-23-11-9-18-37(44)38-19-10-12-24-45(38)49)30-25-26-42-43(29-30)35-16-4-8-22-41(35)47-39-20-6-2-14-33(39)34-15-3-7-21-40(34)48(42)47/h1-33H;1-29H. The van der Waals surface area contributed by atoms with E-state index in [2.05, 4.69) is 385 Å². The normalized spacial score (nSPS) is 12.0. The van der Waals surface area contributed by atoms with Crippen molar-refractivity contribution in [1.29, 1.82) is 0 Å². The van der Waals surface area contributed by atoms with Crippen LogP contribution in [-0.4, -0.2) is 9.13 Å². The predicted molar refractivity (Wildman–Crippen MR) is 448 cm³/mol. The molecule has 480 valence electrons. The Bertz CT molecular complexity index is 7490. The highest BCUT2D eigenvalue weighted by Gasteiger charge is 2.23. The first-order valence-electron chi connectivity index (χ1n) is 36.1. The Hall–Kier alpha value is -13.7. The van der Waals surface area contributed by atoms with Gasteiger partial charge in [0.15, 0.2) is 0 Å². The van der Waals surface area contributed by atoms with Crippen LogP contribution in [0, 0.1) is 0 Å². The zero-order valence-electron chi connectivity index (χ0n) is 56.7. The van der Waals surface area contributed by atoms with E-state index < -0.39 is 0 Å². The molecule has 2 aromatic heterocycles. The highest BCUT2D eigenvalue weighted by atomic mass is 15.0. The van der Waals surface area contributed by atoms with Crippen molar-refractivity contribution in [3.63, 3.8) is 0 Å². The van der Waals surface area contributed by atoms with Gasteiger partial charge in [0.25, 0.3) is 0 Å². The zero-order valence-corrected chi connectivity index (χ0v) is 56.7. The lowest BCUT2D eigenvalue weighted by Gasteiger charge is -2.18. The molecule has 0 fully saturated rings. The Balaban J connectivity index is 0.000000132. The first-order chi connectivity index (χ1) is 51.7. The molecule has 104 heavy (non-hydrogen) atoms. The third-order valence-corrected chi connectivity index (χ3v) is 22.7. The number of nitrogens with zero attached hydrogens (tertiary/aromatic N) is 2. The van der Waals surface area contributed by atoms with Crippen molar-refractivity contribution in [2.24, 2.45) is 0 Å². The first kappa shape index (κ1) is 58.2. The summed E-state index contributed by atoms with van der Waals surface area (Å²) in [6, 6.07) is 139. The molecule has 0 N–H and O–H groups in total. The fourth-order valence-electron chi connectivity index (χ4n) is 18.3. The molecule has 2 heteroatoms. The highest BCUT2D eigenvalue weighted by Crippen LogP contribution is 2.49. The quantitative estimate of drug-likeness (QED) is 0.152. The summed E-state index contributed by atoms with van der Waals surface area (Å²) in [4.78, 5) is 0. The molecule has 0 saturated carbocycles. The largest absolute Gasteiger partial charge is 0.309 e. The van der Waals surface area contributed by atoms with Crippen LogP contribution in [-0.2, 0) is 0 Å². The Labute approximate surface area is 599 Å². The van der Waals surface area contributed by atoms with E-state index in [9.17, 15) is 0 Å². The van der Waals surface area contributed by atoms with Gasteiger partial charge in [-0.3, -0.25) is 0 Å². The smallest absolute Gasteiger partial charge is 0.0541 e. The first-order valence-corrected chi connectivity index (χ1v) is 36.1. The van der Waals surface area contributed by atoms with Crippen LogP contribution in [0.15, 0.2) is 376 Å². The summed E-state index contributed by atoms with van der Waals surface area (Å²) >= 11 is 0. The lowest BCUT2D eigenvalue weighted by Crippen LogP contribution is -1.96. The summed E-state index contributed by atoms with van der Waals surface area (Å²) in [5.74, 6) is 0. The van der Waals surface area contributed by atoms with Crippen molar-refractivity contribution in [3.05, 3.63) is 376 Å². The predicted octanol–water partition coefficient (Wildman–Crippen LogP) is 28.4. The molecule has 0 amide bonds. The Morgan fingerprint density at radius 2 is 0.385 bits per heavy atom. The van der Waals surface area contributed by atoms with Gasteiger partial charge in [-0.2, -0.15) is 0 Å². The average Bonchev–Trinajstić information content (AvgIpc) is 1.02. The number of fused-ring (bicyclic) bond motifs is 30. The summed E-state index contributed by atoms with van der Waals surface area (Å²) in [5, 5.41) is 36.1. The van der Waals surface area contributed by atoms with Crippen molar-refractivity contribution >= 4 is 173 Å². The summed E-state index contributed by atoms with van der Waals surface area (Å²) in [6.07, 6.45) is 0. The minimum Gasteiger partial charge on any atom is -0.309 e. The third kappa shape index (κ3) is 8.57. The van der Waals surface area contributed by atoms with Gasteiger partial charge in [0, 0.05) is 32.3 Å². The topological polar surface area (TPSA) is 9.86 Å². The molecule has 0 aliphatic rings. The van der Waals surface area contributed by atoms with Gasteiger partial charge in [0.2, 0.25) is 0 Å². The fourth-order valence-corrected chi connectivity index (χ4v) is 18.3. The van der Waals surface area contributed by atoms with E-state index in [1.54, 1.807) is 0 Å². The molecule has 23 aromatic rings. The van der Waals surface area contributed by atoms with Crippen LogP contribution >= 0.6 is 0 Å². The van der Waals surface area contributed by atoms with E-state index in [0.29, 0.717) is 0 Å². The van der Waals surface area contributed by atoms with Crippen LogP contribution < -0.4 is 0 Å². The lowest BCUT2D eigenvalue weighted by molar-refractivity contribution is 1.20. The van der Waals surface area contributed by atoms with Gasteiger partial charge in [-0.25, -0.2) is 0 Å². The van der Waals surface area contributed by atoms with Gasteiger partial charge in [0.05, 0.1) is 33.4 Å². The molecular weight excluding hydrogens is 1250 g/mol. The maximum atomic E-state index is 2.44. The lowest BCUT2D eigenvalue weighted by atomic mass is 9.85. The second-order valence-corrected chi connectivity index (χ2v) is 28.0. The number of hydrogen-bond donors (Lipinski definition) is 0. The number of benzene rings is 21. The number of aromatic nitrogens is 2. The van der Waals surface area contributed by atoms with Crippen LogP contribution in [0.5, 0.6) is 0 Å². The summed E-state index contributed by atoms with van der Waals surface area (Å²) in [7, 11) is 0. The van der Waals surface area contributed by atoms with Crippen molar-refractivity contribution < 1.29 is 0 Å². The molecule has 21 aromatic carbocycles. The average molecular weight is 1320 g/mol. The van der Waals surface area contributed by atoms with Crippen molar-refractivity contribution in [1.82, 2.24) is 9.13 Å². The summed E-state index contributed by atoms with van der Waals surface area (Å²) < 4.78 is 4.88. The number of para-hydroxylation sites is 4. The molecule has 0 atom stereocenters. The van der Waals surface area contributed by atoms with Crippen LogP contribution in [0.2, 0.25) is 0 Å². The Morgan fingerprint density at radius 3 is 0.788 bits per heavy atom. The molecule has 0 aliphatic heterocycles. The van der Waals surface area contributed by atoms with E-state index >= 15 is 0 Å². The molecule has 2 heterocycles. The van der Waals surface area contributed by atoms with Gasteiger partial charge in [-0.05, 0) is 206 Å². The Kier molecular flexibility index (Phi) is 12.8. The van der Waals surface area contributed by atoms with Gasteiger partial charge >= 0.3 is 0 Å². The van der Waals surface area contributed by atoms with Gasteiger partial charge in [-0.15, -0.1) is 0 Å². The van der Waals surface area contributed by atoms with Crippen molar-refractivity contribution in [3.8, 4) is 44.8 Å². The van der Waals surface area contributed by atoms with Crippen LogP contribution in [0.1, 0.15) is 0 Å². The van der Waals surface area contributed by atoms with Crippen LogP contribution in [0.25, 0.3) is 218 Å². The molecule has 0 unspecified atom stereocenters. The van der Waals surface area contributed by atoms with E-state index in [1.165, 1.54) is 218 Å². The van der Waals surface area contributed by atoms with Crippen LogP contribution in [0.4, 0.5) is 0 Å². The minimum absolute atomic E-state index is 1.20. The van der Waals surface area contributed by atoms with Crippen molar-refractivity contribution in [2.75, 3.05) is 0 Å². The summed E-state index contributed by atoms with van der Waals surface area (Å²) in [5.41, 5.74) is 14.7. The van der Waals surface area contributed by atoms with E-state index in [-0.39, 0.29) is 0 Å². The number of rotatable bonds is 5. The molecule has 0 spiro atoms. The second-order valence-electron chi connectivity index (χ2n) is 28.0. The molecule has 0 bridgehead atoms. The molecule has 0 aliphatic carbocycles. The zero-order chi connectivity index (χ0) is 68.1. The summed E-state index contributed by atoms with van der Waals surface area (Å²) in [6.45, 7) is 0. The second kappa shape index (κ2) is 22.9. The Morgan fingerprint density at radius 1 is 0.125 bits per heavy atom. The van der Waals surface area contributed by atoms with Crippen LogP contribution in [0.3, 0.4) is 0 Å². The monoisotopic (exact) mass is 1310 g/mol. The molecular formula is C102H62N2. The van der Waals surface area contributed by atoms with E-state index in [4.69, 9.17) is 0 Å². The molecule has 2 nitrogen and oxygen atoms in total. The highest BCUT2D eigenvalue weighted by molar-refractivity contribution is 6.41. The maximum Gasteiger partial charge on any atom is 0.0541 e. The number of hydrogen-bond acceptors (Lipinski definition) is 0. The van der Waals surface area contributed by atoms with E-state index in [1.807, 2.05) is 0 Å². The fraction of sp³-hybridized carbons (Fsp3) is 0. The van der Waals surface area contributed by atoms with E-state index in [0.717, 1.165) is 0 Å². The van der Waals surface area contributed by atoms with Gasteiger partial charge < -0.3 is 9.13 Å².